The van der Waals surface area contributed by atoms with Crippen LogP contribution in [0.2, 0.25) is 5.02 Å². The quantitative estimate of drug-likeness (QED) is 0.690. The van der Waals surface area contributed by atoms with Gasteiger partial charge in [0.1, 0.15) is 5.75 Å². The van der Waals surface area contributed by atoms with Gasteiger partial charge in [-0.1, -0.05) is 35.9 Å². The van der Waals surface area contributed by atoms with Crippen molar-refractivity contribution in [1.29, 1.82) is 0 Å². The van der Waals surface area contributed by atoms with Gasteiger partial charge in [-0.2, -0.15) is 8.78 Å². The third kappa shape index (κ3) is 6.98. The molecule has 140 valence electrons. The normalized spacial score (nSPS) is 12.0. The van der Waals surface area contributed by atoms with Crippen molar-refractivity contribution in [2.24, 2.45) is 0 Å². The number of carbonyl (C=O) groups is 1. The minimum absolute atomic E-state index is 0.00169. The molecule has 1 amide bonds. The van der Waals surface area contributed by atoms with E-state index in [1.807, 2.05) is 25.1 Å². The number of ether oxygens (including phenoxy) is 1. The molecule has 1 atom stereocenters. The number of halogens is 3. The minimum Gasteiger partial charge on any atom is -0.435 e. The third-order valence-electron chi connectivity index (χ3n) is 3.80. The summed E-state index contributed by atoms with van der Waals surface area (Å²) in [5.41, 5.74) is 1.93. The largest absolute Gasteiger partial charge is 0.435 e. The van der Waals surface area contributed by atoms with Gasteiger partial charge in [-0.15, -0.1) is 0 Å². The molecule has 0 aliphatic rings. The first-order valence-electron chi connectivity index (χ1n) is 8.23. The van der Waals surface area contributed by atoms with E-state index >= 15 is 0 Å². The van der Waals surface area contributed by atoms with E-state index < -0.39 is 6.61 Å². The zero-order chi connectivity index (χ0) is 18.9. The number of nitrogens with one attached hydrogen (secondary N) is 2. The monoisotopic (exact) mass is 382 g/mol. The lowest BCUT2D eigenvalue weighted by Crippen LogP contribution is -2.36. The van der Waals surface area contributed by atoms with Gasteiger partial charge in [0.15, 0.2) is 0 Å². The Labute approximate surface area is 156 Å². The van der Waals surface area contributed by atoms with Crippen molar-refractivity contribution in [3.05, 3.63) is 64.7 Å². The first-order chi connectivity index (χ1) is 12.4. The Kier molecular flexibility index (Phi) is 7.81. The number of rotatable bonds is 9. The molecule has 2 aromatic rings. The molecule has 0 fully saturated rings. The van der Waals surface area contributed by atoms with Gasteiger partial charge in [-0.25, -0.2) is 0 Å². The molecule has 26 heavy (non-hydrogen) atoms. The summed E-state index contributed by atoms with van der Waals surface area (Å²) in [4.78, 5) is 11.9. The Morgan fingerprint density at radius 1 is 1.19 bits per heavy atom. The second kappa shape index (κ2) is 10.1. The molecular weight excluding hydrogens is 362 g/mol. The molecule has 0 radical (unpaired) electrons. The van der Waals surface area contributed by atoms with Crippen molar-refractivity contribution in [3.63, 3.8) is 0 Å². The van der Waals surface area contributed by atoms with Crippen molar-refractivity contribution in [2.45, 2.75) is 26.0 Å². The van der Waals surface area contributed by atoms with Crippen LogP contribution in [0.4, 0.5) is 8.78 Å². The van der Waals surface area contributed by atoms with Crippen LogP contribution in [0, 0.1) is 0 Å². The molecule has 0 saturated heterocycles. The van der Waals surface area contributed by atoms with E-state index in [2.05, 4.69) is 15.4 Å². The molecule has 2 aromatic carbocycles. The highest BCUT2D eigenvalue weighted by Crippen LogP contribution is 2.17. The lowest BCUT2D eigenvalue weighted by molar-refractivity contribution is -0.120. The molecule has 2 N–H and O–H groups in total. The van der Waals surface area contributed by atoms with Crippen LogP contribution in [0.1, 0.15) is 24.1 Å². The van der Waals surface area contributed by atoms with E-state index in [0.717, 1.165) is 11.1 Å². The van der Waals surface area contributed by atoms with Crippen LogP contribution < -0.4 is 15.4 Å². The van der Waals surface area contributed by atoms with Crippen LogP contribution in [0.5, 0.6) is 5.75 Å². The van der Waals surface area contributed by atoms with Gasteiger partial charge in [0.25, 0.3) is 0 Å². The van der Waals surface area contributed by atoms with Gasteiger partial charge in [0.05, 0.1) is 6.54 Å². The van der Waals surface area contributed by atoms with Crippen LogP contribution in [0.3, 0.4) is 0 Å². The molecule has 0 saturated carbocycles. The molecule has 0 aliphatic heterocycles. The second-order valence-electron chi connectivity index (χ2n) is 5.78. The summed E-state index contributed by atoms with van der Waals surface area (Å²) < 4.78 is 28.5. The van der Waals surface area contributed by atoms with E-state index in [9.17, 15) is 13.6 Å². The van der Waals surface area contributed by atoms with Crippen molar-refractivity contribution in [2.75, 3.05) is 13.1 Å². The van der Waals surface area contributed by atoms with Crippen molar-refractivity contribution < 1.29 is 18.3 Å². The van der Waals surface area contributed by atoms with Gasteiger partial charge in [0, 0.05) is 17.6 Å². The number of benzene rings is 2. The van der Waals surface area contributed by atoms with E-state index in [0.29, 0.717) is 18.0 Å². The minimum atomic E-state index is -2.83. The van der Waals surface area contributed by atoms with Crippen LogP contribution in [0.25, 0.3) is 0 Å². The van der Waals surface area contributed by atoms with Gasteiger partial charge in [0.2, 0.25) is 5.91 Å². The lowest BCUT2D eigenvalue weighted by Gasteiger charge is -2.14. The number of alkyl halides is 2. The molecule has 0 aromatic heterocycles. The van der Waals surface area contributed by atoms with Crippen molar-refractivity contribution >= 4 is 17.5 Å². The summed E-state index contributed by atoms with van der Waals surface area (Å²) >= 11 is 5.96. The average molecular weight is 383 g/mol. The first kappa shape index (κ1) is 20.1. The Bertz CT molecular complexity index is 711. The molecular formula is C19H21ClF2N2O2. The van der Waals surface area contributed by atoms with Crippen molar-refractivity contribution in [1.82, 2.24) is 10.6 Å². The lowest BCUT2D eigenvalue weighted by atomic mass is 10.1. The maximum Gasteiger partial charge on any atom is 0.387 e. The summed E-state index contributed by atoms with van der Waals surface area (Å²) in [6.45, 7) is -0.222. The molecule has 0 unspecified atom stereocenters. The van der Waals surface area contributed by atoms with Crippen molar-refractivity contribution in [3.8, 4) is 5.75 Å². The maximum atomic E-state index is 12.1. The topological polar surface area (TPSA) is 50.4 Å². The maximum absolute atomic E-state index is 12.1. The predicted octanol–water partition coefficient (Wildman–Crippen LogP) is 3.95. The van der Waals surface area contributed by atoms with E-state index in [1.165, 1.54) is 12.1 Å². The Balaban J connectivity index is 1.68. The molecule has 0 bridgehead atoms. The zero-order valence-electron chi connectivity index (χ0n) is 14.3. The molecule has 0 heterocycles. The van der Waals surface area contributed by atoms with Gasteiger partial charge < -0.3 is 15.4 Å². The Hall–Kier alpha value is -2.18. The highest BCUT2D eigenvalue weighted by Gasteiger charge is 2.08. The van der Waals surface area contributed by atoms with Gasteiger partial charge >= 0.3 is 6.61 Å². The SMILES string of the molecule is C[C@H](NCC(=O)NCCc1ccc(OC(F)F)cc1)c1cccc(Cl)c1. The predicted molar refractivity (Wildman–Crippen MR) is 97.7 cm³/mol. The van der Waals surface area contributed by atoms with Gasteiger partial charge in [-0.3, -0.25) is 4.79 Å². The van der Waals surface area contributed by atoms with Crippen LogP contribution in [0.15, 0.2) is 48.5 Å². The molecule has 0 spiro atoms. The summed E-state index contributed by atoms with van der Waals surface area (Å²) in [5, 5.41) is 6.62. The molecule has 0 aliphatic carbocycles. The summed E-state index contributed by atoms with van der Waals surface area (Å²) in [6, 6.07) is 13.8. The molecule has 2 rings (SSSR count). The Morgan fingerprint density at radius 2 is 1.92 bits per heavy atom. The highest BCUT2D eigenvalue weighted by molar-refractivity contribution is 6.30. The number of hydrogen-bond acceptors (Lipinski definition) is 3. The fraction of sp³-hybridized carbons (Fsp3) is 0.316. The number of amides is 1. The van der Waals surface area contributed by atoms with E-state index in [4.69, 9.17) is 11.6 Å². The molecule has 7 heteroatoms. The van der Waals surface area contributed by atoms with Crippen LogP contribution in [-0.2, 0) is 11.2 Å². The zero-order valence-corrected chi connectivity index (χ0v) is 15.1. The summed E-state index contributed by atoms with van der Waals surface area (Å²) in [6.07, 6.45) is 0.602. The fourth-order valence-electron chi connectivity index (χ4n) is 2.39. The van der Waals surface area contributed by atoms with Crippen LogP contribution >= 0.6 is 11.6 Å². The third-order valence-corrected chi connectivity index (χ3v) is 4.04. The van der Waals surface area contributed by atoms with Gasteiger partial charge in [-0.05, 0) is 48.7 Å². The van der Waals surface area contributed by atoms with E-state index in [-0.39, 0.29) is 24.2 Å². The highest BCUT2D eigenvalue weighted by atomic mass is 35.5. The summed E-state index contributed by atoms with van der Waals surface area (Å²) in [5.74, 6) is 0.00326. The fourth-order valence-corrected chi connectivity index (χ4v) is 2.58. The molecule has 4 nitrogen and oxygen atoms in total. The smallest absolute Gasteiger partial charge is 0.387 e. The number of carbonyl (C=O) groups excluding carboxylic acids is 1. The van der Waals surface area contributed by atoms with E-state index in [1.54, 1.807) is 18.2 Å². The number of hydrogen-bond donors (Lipinski definition) is 2. The summed E-state index contributed by atoms with van der Waals surface area (Å²) in [7, 11) is 0. The second-order valence-corrected chi connectivity index (χ2v) is 6.22. The first-order valence-corrected chi connectivity index (χ1v) is 8.61. The Morgan fingerprint density at radius 3 is 2.58 bits per heavy atom. The van der Waals surface area contributed by atoms with Crippen LogP contribution in [-0.4, -0.2) is 25.6 Å². The average Bonchev–Trinajstić information content (AvgIpc) is 2.60. The standard InChI is InChI=1S/C19H21ClF2N2O2/c1-13(15-3-2-4-16(20)11-15)24-12-18(25)23-10-9-14-5-7-17(8-6-14)26-19(21)22/h2-8,11,13,19,24H,9-10,12H2,1H3,(H,23,25)/t13-/m0/s1.